The largest absolute Gasteiger partial charge is 0.482 e. The average molecular weight is 408 g/mol. The number of ether oxygens (including phenoxy) is 1. The lowest BCUT2D eigenvalue weighted by molar-refractivity contribution is 0.210. The van der Waals surface area contributed by atoms with Crippen molar-refractivity contribution in [2.24, 2.45) is 7.05 Å². The minimum atomic E-state index is -0.229. The van der Waals surface area contributed by atoms with E-state index >= 15 is 0 Å². The fourth-order valence-electron chi connectivity index (χ4n) is 2.57. The van der Waals surface area contributed by atoms with Gasteiger partial charge in [-0.1, -0.05) is 47.1 Å². The summed E-state index contributed by atoms with van der Waals surface area (Å²) in [7, 11) is 1.95. The molecule has 0 aliphatic carbocycles. The van der Waals surface area contributed by atoms with Crippen LogP contribution in [0.1, 0.15) is 30.0 Å². The molecule has 7 heteroatoms. The maximum absolute atomic E-state index is 6.05. The molecule has 0 saturated heterocycles. The predicted molar refractivity (Wildman–Crippen MR) is 107 cm³/mol. The minimum absolute atomic E-state index is 0.229. The average Bonchev–Trinajstić information content (AvgIpc) is 2.96. The molecule has 4 nitrogen and oxygen atoms in total. The van der Waals surface area contributed by atoms with E-state index in [0.29, 0.717) is 5.02 Å². The Balaban J connectivity index is 1.69. The van der Waals surface area contributed by atoms with Crippen LogP contribution in [0.25, 0.3) is 0 Å². The molecule has 0 radical (unpaired) electrons. The second-order valence-corrected chi connectivity index (χ2v) is 7.80. The molecule has 1 heterocycles. The van der Waals surface area contributed by atoms with Crippen LogP contribution in [0, 0.1) is 6.92 Å². The van der Waals surface area contributed by atoms with E-state index in [1.54, 1.807) is 11.8 Å². The molecular formula is C19H19Cl2N3OS. The zero-order valence-electron chi connectivity index (χ0n) is 14.7. The van der Waals surface area contributed by atoms with Gasteiger partial charge in [0.15, 0.2) is 17.1 Å². The van der Waals surface area contributed by atoms with E-state index in [9.17, 15) is 0 Å². The Bertz CT molecular complexity index is 914. The highest BCUT2D eigenvalue weighted by Crippen LogP contribution is 2.28. The van der Waals surface area contributed by atoms with Crippen LogP contribution in [0.15, 0.2) is 47.6 Å². The van der Waals surface area contributed by atoms with Gasteiger partial charge in [-0.2, -0.15) is 0 Å². The first-order chi connectivity index (χ1) is 12.4. The van der Waals surface area contributed by atoms with Crippen LogP contribution in [0.3, 0.4) is 0 Å². The zero-order chi connectivity index (χ0) is 18.7. The van der Waals surface area contributed by atoms with Gasteiger partial charge in [-0.25, -0.2) is 0 Å². The molecule has 0 bridgehead atoms. The van der Waals surface area contributed by atoms with Gasteiger partial charge in [-0.15, -0.1) is 10.2 Å². The third-order valence-corrected chi connectivity index (χ3v) is 5.49. The van der Waals surface area contributed by atoms with Crippen molar-refractivity contribution in [1.82, 2.24) is 14.8 Å². The van der Waals surface area contributed by atoms with Gasteiger partial charge in [0.25, 0.3) is 0 Å². The smallest absolute Gasteiger partial charge is 0.191 e. The maximum atomic E-state index is 6.05. The fraction of sp³-hybridized carbons (Fsp3) is 0.263. The Morgan fingerprint density at radius 3 is 2.62 bits per heavy atom. The summed E-state index contributed by atoms with van der Waals surface area (Å²) < 4.78 is 8.01. The zero-order valence-corrected chi connectivity index (χ0v) is 17.1. The van der Waals surface area contributed by atoms with Gasteiger partial charge in [0.2, 0.25) is 0 Å². The third-order valence-electron chi connectivity index (χ3n) is 3.93. The second kappa shape index (κ2) is 8.33. The van der Waals surface area contributed by atoms with E-state index in [2.05, 4.69) is 10.2 Å². The molecule has 0 amide bonds. The van der Waals surface area contributed by atoms with Gasteiger partial charge in [0.05, 0.1) is 0 Å². The summed E-state index contributed by atoms with van der Waals surface area (Å²) >= 11 is 13.7. The molecular weight excluding hydrogens is 389 g/mol. The van der Waals surface area contributed by atoms with Gasteiger partial charge in [-0.05, 0) is 55.3 Å². The Hall–Kier alpha value is -1.69. The van der Waals surface area contributed by atoms with Gasteiger partial charge < -0.3 is 9.30 Å². The van der Waals surface area contributed by atoms with Crippen molar-refractivity contribution in [3.05, 3.63) is 69.5 Å². The van der Waals surface area contributed by atoms with Crippen molar-refractivity contribution < 1.29 is 4.74 Å². The quantitative estimate of drug-likeness (QED) is 0.479. The Labute approximate surface area is 167 Å². The minimum Gasteiger partial charge on any atom is -0.482 e. The summed E-state index contributed by atoms with van der Waals surface area (Å²) in [6.45, 7) is 3.93. The van der Waals surface area contributed by atoms with Crippen molar-refractivity contribution in [2.45, 2.75) is 30.9 Å². The van der Waals surface area contributed by atoms with Crippen LogP contribution in [0.5, 0.6) is 5.75 Å². The number of nitrogens with zero attached hydrogens (tertiary/aromatic N) is 3. The highest BCUT2D eigenvalue weighted by atomic mass is 35.5. The lowest BCUT2D eigenvalue weighted by atomic mass is 10.2. The van der Waals surface area contributed by atoms with Crippen LogP contribution >= 0.6 is 35.0 Å². The normalized spacial score (nSPS) is 12.2. The molecule has 136 valence electrons. The van der Waals surface area contributed by atoms with Crippen molar-refractivity contribution in [3.63, 3.8) is 0 Å². The number of rotatable bonds is 6. The Morgan fingerprint density at radius 1 is 1.12 bits per heavy atom. The van der Waals surface area contributed by atoms with Crippen LogP contribution < -0.4 is 4.74 Å². The molecule has 0 spiro atoms. The van der Waals surface area contributed by atoms with Gasteiger partial charge in [-0.3, -0.25) is 0 Å². The first-order valence-electron chi connectivity index (χ1n) is 8.13. The maximum Gasteiger partial charge on any atom is 0.191 e. The van der Waals surface area contributed by atoms with E-state index in [4.69, 9.17) is 27.9 Å². The molecule has 1 atom stereocenters. The van der Waals surface area contributed by atoms with E-state index in [1.807, 2.05) is 67.9 Å². The summed E-state index contributed by atoms with van der Waals surface area (Å²) in [6, 6.07) is 13.4. The van der Waals surface area contributed by atoms with E-state index < -0.39 is 0 Å². The third kappa shape index (κ3) is 4.53. The summed E-state index contributed by atoms with van der Waals surface area (Å²) in [5, 5.41) is 10.9. The lowest BCUT2D eigenvalue weighted by Crippen LogP contribution is -2.10. The van der Waals surface area contributed by atoms with Crippen LogP contribution in [0.4, 0.5) is 0 Å². The lowest BCUT2D eigenvalue weighted by Gasteiger charge is -2.16. The number of hydrogen-bond donors (Lipinski definition) is 0. The molecule has 0 saturated carbocycles. The molecule has 3 rings (SSSR count). The van der Waals surface area contributed by atoms with Crippen molar-refractivity contribution in [3.8, 4) is 5.75 Å². The first-order valence-corrected chi connectivity index (χ1v) is 9.87. The summed E-state index contributed by atoms with van der Waals surface area (Å²) in [5.74, 6) is 2.34. The molecule has 0 fully saturated rings. The van der Waals surface area contributed by atoms with Crippen LogP contribution in [-0.2, 0) is 12.8 Å². The molecule has 0 aliphatic heterocycles. The van der Waals surface area contributed by atoms with Crippen LogP contribution in [0.2, 0.25) is 10.0 Å². The summed E-state index contributed by atoms with van der Waals surface area (Å²) in [5.41, 5.74) is 2.13. The summed E-state index contributed by atoms with van der Waals surface area (Å²) in [6.07, 6.45) is -0.229. The molecule has 0 N–H and O–H groups in total. The number of hydrogen-bond acceptors (Lipinski definition) is 4. The van der Waals surface area contributed by atoms with Gasteiger partial charge >= 0.3 is 0 Å². The Kier molecular flexibility index (Phi) is 6.12. The van der Waals surface area contributed by atoms with E-state index in [-0.39, 0.29) is 6.10 Å². The number of benzene rings is 2. The monoisotopic (exact) mass is 407 g/mol. The number of halogens is 2. The number of aromatic nitrogens is 3. The van der Waals surface area contributed by atoms with E-state index in [1.165, 1.54) is 0 Å². The molecule has 1 aromatic heterocycles. The standard InChI is InChI=1S/C19H19Cl2N3OS/c1-12-9-16(21)7-8-17(12)25-13(2)18-22-23-19(24(18)3)26-11-14-5-4-6-15(20)10-14/h4-10,13H,11H2,1-3H3. The van der Waals surface area contributed by atoms with Crippen molar-refractivity contribution >= 4 is 35.0 Å². The molecule has 26 heavy (non-hydrogen) atoms. The van der Waals surface area contributed by atoms with Gasteiger partial charge in [0.1, 0.15) is 5.75 Å². The van der Waals surface area contributed by atoms with Gasteiger partial charge in [0, 0.05) is 22.8 Å². The topological polar surface area (TPSA) is 39.9 Å². The van der Waals surface area contributed by atoms with Crippen molar-refractivity contribution in [1.29, 1.82) is 0 Å². The molecule has 1 unspecified atom stereocenters. The number of aryl methyl sites for hydroxylation is 1. The highest BCUT2D eigenvalue weighted by molar-refractivity contribution is 7.98. The second-order valence-electron chi connectivity index (χ2n) is 5.99. The van der Waals surface area contributed by atoms with E-state index in [0.717, 1.165) is 38.6 Å². The summed E-state index contributed by atoms with van der Waals surface area (Å²) in [4.78, 5) is 0. The first kappa shape index (κ1) is 19.1. The van der Waals surface area contributed by atoms with Crippen molar-refractivity contribution in [2.75, 3.05) is 0 Å². The number of thioether (sulfide) groups is 1. The fourth-order valence-corrected chi connectivity index (χ4v) is 3.87. The molecule has 0 aliphatic rings. The van der Waals surface area contributed by atoms with Crippen LogP contribution in [-0.4, -0.2) is 14.8 Å². The molecule has 3 aromatic rings. The SMILES string of the molecule is Cc1cc(Cl)ccc1OC(C)c1nnc(SCc2cccc(Cl)c2)n1C. The Morgan fingerprint density at radius 2 is 1.88 bits per heavy atom. The predicted octanol–water partition coefficient (Wildman–Crippen LogP) is 5.86. The molecule has 2 aromatic carbocycles. The highest BCUT2D eigenvalue weighted by Gasteiger charge is 2.18.